The maximum absolute atomic E-state index is 12.6. The van der Waals surface area contributed by atoms with Crippen LogP contribution in [0.2, 0.25) is 5.02 Å². The van der Waals surface area contributed by atoms with Crippen LogP contribution >= 0.6 is 11.6 Å². The van der Waals surface area contributed by atoms with Gasteiger partial charge in [0, 0.05) is 47.5 Å². The molecule has 0 saturated heterocycles. The van der Waals surface area contributed by atoms with Crippen LogP contribution in [0.5, 0.6) is 0 Å². The molecule has 0 bridgehead atoms. The Morgan fingerprint density at radius 2 is 2.04 bits per heavy atom. The molecule has 1 fully saturated rings. The molecular formula is C21H23ClN4O. The van der Waals surface area contributed by atoms with Gasteiger partial charge < -0.3 is 10.2 Å². The Balaban J connectivity index is 1.53. The van der Waals surface area contributed by atoms with Crippen molar-refractivity contribution in [2.45, 2.75) is 45.1 Å². The van der Waals surface area contributed by atoms with Crippen molar-refractivity contribution >= 4 is 34.8 Å². The van der Waals surface area contributed by atoms with E-state index in [9.17, 15) is 4.79 Å². The number of carbonyl (C=O) groups is 1. The van der Waals surface area contributed by atoms with Crippen molar-refractivity contribution in [3.8, 4) is 0 Å². The lowest BCUT2D eigenvalue weighted by atomic mass is 10.0. The molecule has 2 aromatic rings. The van der Waals surface area contributed by atoms with E-state index in [-0.39, 0.29) is 6.03 Å². The summed E-state index contributed by atoms with van der Waals surface area (Å²) in [4.78, 5) is 23.4. The predicted molar refractivity (Wildman–Crippen MR) is 109 cm³/mol. The normalized spacial score (nSPS) is 16.2. The fraction of sp³-hybridized carbons (Fsp3) is 0.381. The number of hydrogen-bond donors (Lipinski definition) is 1. The Bertz CT molecular complexity index is 918. The zero-order chi connectivity index (χ0) is 19.0. The van der Waals surface area contributed by atoms with Crippen LogP contribution in [0.3, 0.4) is 0 Å². The number of aromatic nitrogens is 1. The minimum Gasteiger partial charge on any atom is -0.325 e. The average Bonchev–Trinajstić information content (AvgIpc) is 3.31. The maximum Gasteiger partial charge on any atom is 0.321 e. The minimum absolute atomic E-state index is 0.0795. The summed E-state index contributed by atoms with van der Waals surface area (Å²) in [6, 6.07) is 7.91. The van der Waals surface area contributed by atoms with E-state index in [1.807, 2.05) is 43.3 Å². The van der Waals surface area contributed by atoms with Crippen LogP contribution in [0.1, 0.15) is 42.4 Å². The lowest BCUT2D eigenvalue weighted by molar-refractivity contribution is 0.205. The van der Waals surface area contributed by atoms with E-state index in [0.717, 1.165) is 46.7 Å². The van der Waals surface area contributed by atoms with Crippen LogP contribution in [0.15, 0.2) is 35.5 Å². The summed E-state index contributed by atoms with van der Waals surface area (Å²) in [5, 5.41) is 3.62. The average molecular weight is 383 g/mol. The largest absolute Gasteiger partial charge is 0.325 e. The predicted octanol–water partition coefficient (Wildman–Crippen LogP) is 5.13. The molecule has 1 aliphatic carbocycles. The Morgan fingerprint density at radius 3 is 2.81 bits per heavy atom. The molecule has 4 rings (SSSR count). The third-order valence-electron chi connectivity index (χ3n) is 5.40. The number of amides is 2. The fourth-order valence-electron chi connectivity index (χ4n) is 3.85. The van der Waals surface area contributed by atoms with Crippen molar-refractivity contribution in [2.75, 3.05) is 12.4 Å². The van der Waals surface area contributed by atoms with Crippen molar-refractivity contribution in [3.63, 3.8) is 0 Å². The first-order valence-electron chi connectivity index (χ1n) is 9.38. The SMILES string of the molecule is Cc1cnc2c(c1)CC(c1cc(NC(=O)N(C)C3CCCC3)ccc1Cl)=N2. The highest BCUT2D eigenvalue weighted by atomic mass is 35.5. The standard InChI is InChI=1S/C21H23ClN4O/c1-13-9-14-10-19(25-20(14)23-12-13)17-11-15(7-8-18(17)22)24-21(27)26(2)16-5-3-4-6-16/h7-9,11-12,16H,3-6,10H2,1-2H3,(H,24,27). The van der Waals surface area contributed by atoms with Gasteiger partial charge in [-0.2, -0.15) is 0 Å². The van der Waals surface area contributed by atoms with Gasteiger partial charge in [-0.3, -0.25) is 0 Å². The Hall–Kier alpha value is -2.40. The number of anilines is 1. The fourth-order valence-corrected chi connectivity index (χ4v) is 4.08. The molecule has 6 heteroatoms. The number of hydrogen-bond acceptors (Lipinski definition) is 3. The topological polar surface area (TPSA) is 57.6 Å². The van der Waals surface area contributed by atoms with Gasteiger partial charge in [0.2, 0.25) is 0 Å². The molecule has 1 aromatic carbocycles. The molecule has 2 amide bonds. The molecule has 1 saturated carbocycles. The smallest absolute Gasteiger partial charge is 0.321 e. The van der Waals surface area contributed by atoms with Gasteiger partial charge in [-0.15, -0.1) is 0 Å². The molecule has 2 heterocycles. The summed E-state index contributed by atoms with van der Waals surface area (Å²) in [6.45, 7) is 2.02. The number of nitrogens with zero attached hydrogens (tertiary/aromatic N) is 3. The number of fused-ring (bicyclic) bond motifs is 1. The van der Waals surface area contributed by atoms with Gasteiger partial charge in [0.15, 0.2) is 5.82 Å². The van der Waals surface area contributed by atoms with Crippen molar-refractivity contribution < 1.29 is 4.79 Å². The first-order valence-corrected chi connectivity index (χ1v) is 9.76. The second kappa shape index (κ2) is 7.31. The van der Waals surface area contributed by atoms with Gasteiger partial charge in [-0.1, -0.05) is 30.5 Å². The molecule has 0 atom stereocenters. The van der Waals surface area contributed by atoms with Crippen molar-refractivity contribution in [1.29, 1.82) is 0 Å². The highest BCUT2D eigenvalue weighted by molar-refractivity contribution is 6.34. The van der Waals surface area contributed by atoms with Gasteiger partial charge in [-0.05, 0) is 43.5 Å². The number of nitrogens with one attached hydrogen (secondary N) is 1. The van der Waals surface area contributed by atoms with E-state index in [0.29, 0.717) is 17.5 Å². The van der Waals surface area contributed by atoms with Crippen LogP contribution in [0, 0.1) is 6.92 Å². The number of benzene rings is 1. The second-order valence-electron chi connectivity index (χ2n) is 7.40. The molecule has 0 radical (unpaired) electrons. The molecule has 1 aliphatic heterocycles. The number of carbonyl (C=O) groups excluding carboxylic acids is 1. The van der Waals surface area contributed by atoms with E-state index < -0.39 is 0 Å². The van der Waals surface area contributed by atoms with E-state index >= 15 is 0 Å². The van der Waals surface area contributed by atoms with Crippen LogP contribution in [0.25, 0.3) is 0 Å². The third kappa shape index (κ3) is 3.69. The van der Waals surface area contributed by atoms with Gasteiger partial charge in [0.25, 0.3) is 0 Å². The monoisotopic (exact) mass is 382 g/mol. The summed E-state index contributed by atoms with van der Waals surface area (Å²) >= 11 is 6.43. The maximum atomic E-state index is 12.6. The van der Waals surface area contributed by atoms with Gasteiger partial charge >= 0.3 is 6.03 Å². The zero-order valence-corrected chi connectivity index (χ0v) is 16.4. The number of aliphatic imine (C=N–C) groups is 1. The van der Waals surface area contributed by atoms with Crippen molar-refractivity contribution in [2.24, 2.45) is 4.99 Å². The lowest BCUT2D eigenvalue weighted by Crippen LogP contribution is -2.38. The number of rotatable bonds is 3. The van der Waals surface area contributed by atoms with Gasteiger partial charge in [-0.25, -0.2) is 14.8 Å². The van der Waals surface area contributed by atoms with E-state index in [4.69, 9.17) is 11.6 Å². The molecule has 1 aromatic heterocycles. The first kappa shape index (κ1) is 18.0. The summed E-state index contributed by atoms with van der Waals surface area (Å²) in [5.41, 5.74) is 4.68. The third-order valence-corrected chi connectivity index (χ3v) is 5.73. The number of pyridine rings is 1. The molecule has 0 unspecified atom stereocenters. The van der Waals surface area contributed by atoms with E-state index in [2.05, 4.69) is 21.4 Å². The molecule has 1 N–H and O–H groups in total. The number of halogens is 1. The second-order valence-corrected chi connectivity index (χ2v) is 7.81. The Labute approximate surface area is 164 Å². The zero-order valence-electron chi connectivity index (χ0n) is 15.6. The van der Waals surface area contributed by atoms with Crippen LogP contribution in [-0.2, 0) is 6.42 Å². The van der Waals surface area contributed by atoms with Crippen molar-refractivity contribution in [3.05, 3.63) is 52.2 Å². The van der Waals surface area contributed by atoms with Crippen molar-refractivity contribution in [1.82, 2.24) is 9.88 Å². The van der Waals surface area contributed by atoms with Gasteiger partial charge in [0.05, 0.1) is 5.71 Å². The number of aryl methyl sites for hydroxylation is 1. The molecular weight excluding hydrogens is 360 g/mol. The summed E-state index contributed by atoms with van der Waals surface area (Å²) < 4.78 is 0. The molecule has 27 heavy (non-hydrogen) atoms. The van der Waals surface area contributed by atoms with Crippen LogP contribution < -0.4 is 5.32 Å². The quantitative estimate of drug-likeness (QED) is 0.800. The van der Waals surface area contributed by atoms with E-state index in [1.165, 1.54) is 12.8 Å². The van der Waals surface area contributed by atoms with E-state index in [1.54, 1.807) is 0 Å². The highest BCUT2D eigenvalue weighted by Gasteiger charge is 2.24. The molecule has 5 nitrogen and oxygen atoms in total. The summed E-state index contributed by atoms with van der Waals surface area (Å²) in [6.07, 6.45) is 7.07. The lowest BCUT2D eigenvalue weighted by Gasteiger charge is -2.24. The number of urea groups is 1. The van der Waals surface area contributed by atoms with Gasteiger partial charge in [0.1, 0.15) is 0 Å². The summed E-state index contributed by atoms with van der Waals surface area (Å²) in [5.74, 6) is 0.752. The molecule has 140 valence electrons. The minimum atomic E-state index is -0.0795. The Kier molecular flexibility index (Phi) is 4.87. The molecule has 2 aliphatic rings. The van der Waals surface area contributed by atoms with Crippen LogP contribution in [0.4, 0.5) is 16.3 Å². The summed E-state index contributed by atoms with van der Waals surface area (Å²) in [7, 11) is 1.87. The molecule has 0 spiro atoms. The first-order chi connectivity index (χ1) is 13.0. The Morgan fingerprint density at radius 1 is 1.26 bits per heavy atom. The van der Waals surface area contributed by atoms with Crippen LogP contribution in [-0.4, -0.2) is 34.7 Å². The highest BCUT2D eigenvalue weighted by Crippen LogP contribution is 2.31.